The van der Waals surface area contributed by atoms with Crippen LogP contribution in [0.15, 0.2) is 36.5 Å². The number of carbonyl (C=O) groups excluding carboxylic acids is 1. The van der Waals surface area contributed by atoms with Crippen molar-refractivity contribution in [1.82, 2.24) is 4.98 Å². The molecule has 0 radical (unpaired) electrons. The third-order valence-electron chi connectivity index (χ3n) is 4.38. The van der Waals surface area contributed by atoms with Crippen LogP contribution in [0.25, 0.3) is 0 Å². The Hall–Kier alpha value is -2.40. The number of anilines is 2. The number of ether oxygens (including phenoxy) is 1. The van der Waals surface area contributed by atoms with Gasteiger partial charge in [0.25, 0.3) is 5.91 Å². The fourth-order valence-corrected chi connectivity index (χ4v) is 3.22. The summed E-state index contributed by atoms with van der Waals surface area (Å²) in [6.45, 7) is 9.78. The second kappa shape index (κ2) is 7.23. The van der Waals surface area contributed by atoms with Gasteiger partial charge in [0, 0.05) is 25.0 Å². The van der Waals surface area contributed by atoms with E-state index in [9.17, 15) is 4.79 Å². The first-order chi connectivity index (χ1) is 11.9. The van der Waals surface area contributed by atoms with Crippen LogP contribution in [0.1, 0.15) is 35.3 Å². The largest absolute Gasteiger partial charge is 0.372 e. The van der Waals surface area contributed by atoms with Gasteiger partial charge >= 0.3 is 0 Å². The zero-order chi connectivity index (χ0) is 18.0. The van der Waals surface area contributed by atoms with Gasteiger partial charge in [0.05, 0.1) is 17.8 Å². The Bertz CT molecular complexity index is 748. The summed E-state index contributed by atoms with van der Waals surface area (Å²) < 4.78 is 5.75. The molecular formula is C20H25N3O2. The highest BCUT2D eigenvalue weighted by Crippen LogP contribution is 2.20. The van der Waals surface area contributed by atoms with Gasteiger partial charge in [0.1, 0.15) is 5.82 Å². The number of aromatic nitrogens is 1. The lowest BCUT2D eigenvalue weighted by Crippen LogP contribution is -2.45. The summed E-state index contributed by atoms with van der Waals surface area (Å²) in [5.74, 6) is 0.736. The highest BCUT2D eigenvalue weighted by molar-refractivity contribution is 6.04. The third kappa shape index (κ3) is 4.17. The Balaban J connectivity index is 1.70. The lowest BCUT2D eigenvalue weighted by atomic mass is 10.1. The quantitative estimate of drug-likeness (QED) is 0.929. The second-order valence-electron chi connectivity index (χ2n) is 6.84. The summed E-state index contributed by atoms with van der Waals surface area (Å²) in [4.78, 5) is 19.1. The molecule has 2 atom stereocenters. The van der Waals surface area contributed by atoms with E-state index >= 15 is 0 Å². The van der Waals surface area contributed by atoms with E-state index in [1.807, 2.05) is 38.1 Å². The minimum Gasteiger partial charge on any atom is -0.372 e. The first kappa shape index (κ1) is 17.4. The average Bonchev–Trinajstić information content (AvgIpc) is 2.56. The zero-order valence-corrected chi connectivity index (χ0v) is 15.2. The van der Waals surface area contributed by atoms with Crippen LogP contribution in [-0.2, 0) is 4.74 Å². The third-order valence-corrected chi connectivity index (χ3v) is 4.38. The number of aryl methyl sites for hydroxylation is 2. The second-order valence-corrected chi connectivity index (χ2v) is 6.84. The van der Waals surface area contributed by atoms with E-state index in [4.69, 9.17) is 4.74 Å². The van der Waals surface area contributed by atoms with Crippen LogP contribution < -0.4 is 10.2 Å². The van der Waals surface area contributed by atoms with E-state index in [-0.39, 0.29) is 18.1 Å². The summed E-state index contributed by atoms with van der Waals surface area (Å²) in [6, 6.07) is 9.71. The van der Waals surface area contributed by atoms with Gasteiger partial charge in [-0.05, 0) is 51.5 Å². The van der Waals surface area contributed by atoms with Crippen LogP contribution in [0.5, 0.6) is 0 Å². The number of pyridine rings is 1. The number of morpholine rings is 1. The summed E-state index contributed by atoms with van der Waals surface area (Å²) in [5, 5.41) is 2.95. The van der Waals surface area contributed by atoms with Crippen LogP contribution in [0.4, 0.5) is 11.5 Å². The van der Waals surface area contributed by atoms with Gasteiger partial charge in [-0.3, -0.25) is 4.79 Å². The van der Waals surface area contributed by atoms with Crippen molar-refractivity contribution in [2.45, 2.75) is 39.9 Å². The number of nitrogens with zero attached hydrogens (tertiary/aromatic N) is 2. The number of rotatable bonds is 3. The van der Waals surface area contributed by atoms with Crippen molar-refractivity contribution < 1.29 is 9.53 Å². The molecule has 2 heterocycles. The summed E-state index contributed by atoms with van der Waals surface area (Å²) >= 11 is 0. The SMILES string of the molecule is Cc1ccc(NC(=O)c2ccc(N3C[C@H](C)O[C@@H](C)C3)nc2)c(C)c1. The maximum atomic E-state index is 12.5. The molecule has 5 heteroatoms. The van der Waals surface area contributed by atoms with Crippen LogP contribution in [-0.4, -0.2) is 36.2 Å². The van der Waals surface area contributed by atoms with E-state index < -0.39 is 0 Å². The zero-order valence-electron chi connectivity index (χ0n) is 15.2. The number of carbonyl (C=O) groups is 1. The number of hydrogen-bond acceptors (Lipinski definition) is 4. The molecule has 0 saturated carbocycles. The van der Waals surface area contributed by atoms with Gasteiger partial charge in [-0.15, -0.1) is 0 Å². The molecule has 1 aliphatic rings. The van der Waals surface area contributed by atoms with Gasteiger partial charge in [-0.2, -0.15) is 0 Å². The number of benzene rings is 1. The molecule has 2 aromatic rings. The monoisotopic (exact) mass is 339 g/mol. The predicted octanol–water partition coefficient (Wildman–Crippen LogP) is 3.56. The first-order valence-corrected chi connectivity index (χ1v) is 8.67. The van der Waals surface area contributed by atoms with E-state index in [2.05, 4.69) is 35.1 Å². The number of hydrogen-bond donors (Lipinski definition) is 1. The molecular weight excluding hydrogens is 314 g/mol. The fourth-order valence-electron chi connectivity index (χ4n) is 3.22. The Kier molecular flexibility index (Phi) is 5.04. The molecule has 132 valence electrons. The van der Waals surface area contributed by atoms with E-state index in [0.29, 0.717) is 5.56 Å². The van der Waals surface area contributed by atoms with Crippen molar-refractivity contribution in [2.75, 3.05) is 23.3 Å². The lowest BCUT2D eigenvalue weighted by molar-refractivity contribution is -0.00546. The normalized spacial score (nSPS) is 20.4. The van der Waals surface area contributed by atoms with Crippen LogP contribution in [0, 0.1) is 13.8 Å². The highest BCUT2D eigenvalue weighted by atomic mass is 16.5. The van der Waals surface area contributed by atoms with Crippen molar-refractivity contribution in [2.24, 2.45) is 0 Å². The van der Waals surface area contributed by atoms with E-state index in [0.717, 1.165) is 30.2 Å². The molecule has 25 heavy (non-hydrogen) atoms. The van der Waals surface area contributed by atoms with Crippen molar-refractivity contribution in [3.8, 4) is 0 Å². The smallest absolute Gasteiger partial charge is 0.257 e. The molecule has 0 unspecified atom stereocenters. The fraction of sp³-hybridized carbons (Fsp3) is 0.400. The molecule has 5 nitrogen and oxygen atoms in total. The Morgan fingerprint density at radius 3 is 2.48 bits per heavy atom. The van der Waals surface area contributed by atoms with Gasteiger partial charge in [0.2, 0.25) is 0 Å². The van der Waals surface area contributed by atoms with Crippen LogP contribution in [0.3, 0.4) is 0 Å². The number of amides is 1. The maximum absolute atomic E-state index is 12.5. The molecule has 3 rings (SSSR count). The van der Waals surface area contributed by atoms with Gasteiger partial charge in [0.15, 0.2) is 0 Å². The van der Waals surface area contributed by atoms with Gasteiger partial charge < -0.3 is 15.0 Å². The summed E-state index contributed by atoms with van der Waals surface area (Å²) in [5.41, 5.74) is 3.61. The molecule has 1 saturated heterocycles. The molecule has 1 aromatic carbocycles. The summed E-state index contributed by atoms with van der Waals surface area (Å²) in [6.07, 6.45) is 2.00. The molecule has 1 N–H and O–H groups in total. The standard InChI is InChI=1S/C20H25N3O2/c1-13-5-7-18(14(2)9-13)22-20(24)17-6-8-19(21-10-17)23-11-15(3)25-16(4)12-23/h5-10,15-16H,11-12H2,1-4H3,(H,22,24)/t15-,16-/m0/s1. The molecule has 1 fully saturated rings. The highest BCUT2D eigenvalue weighted by Gasteiger charge is 2.23. The Labute approximate surface area is 149 Å². The van der Waals surface area contributed by atoms with Gasteiger partial charge in [-0.25, -0.2) is 4.98 Å². The van der Waals surface area contributed by atoms with Gasteiger partial charge in [-0.1, -0.05) is 17.7 Å². The van der Waals surface area contributed by atoms with Crippen molar-refractivity contribution in [3.63, 3.8) is 0 Å². The molecule has 0 aliphatic carbocycles. The van der Waals surface area contributed by atoms with Crippen molar-refractivity contribution in [1.29, 1.82) is 0 Å². The molecule has 0 bridgehead atoms. The van der Waals surface area contributed by atoms with Crippen molar-refractivity contribution in [3.05, 3.63) is 53.2 Å². The molecule has 1 amide bonds. The average molecular weight is 339 g/mol. The van der Waals surface area contributed by atoms with Crippen LogP contribution >= 0.6 is 0 Å². The Morgan fingerprint density at radius 1 is 1.16 bits per heavy atom. The van der Waals surface area contributed by atoms with Crippen LogP contribution in [0.2, 0.25) is 0 Å². The lowest BCUT2D eigenvalue weighted by Gasteiger charge is -2.36. The first-order valence-electron chi connectivity index (χ1n) is 8.67. The minimum atomic E-state index is -0.144. The minimum absolute atomic E-state index is 0.144. The molecule has 0 spiro atoms. The predicted molar refractivity (Wildman–Crippen MR) is 100 cm³/mol. The Morgan fingerprint density at radius 2 is 1.88 bits per heavy atom. The molecule has 1 aromatic heterocycles. The topological polar surface area (TPSA) is 54.5 Å². The van der Waals surface area contributed by atoms with E-state index in [1.54, 1.807) is 6.20 Å². The molecule has 1 aliphatic heterocycles. The maximum Gasteiger partial charge on any atom is 0.257 e. The van der Waals surface area contributed by atoms with E-state index in [1.165, 1.54) is 5.56 Å². The summed E-state index contributed by atoms with van der Waals surface area (Å²) in [7, 11) is 0. The van der Waals surface area contributed by atoms with Crippen molar-refractivity contribution >= 4 is 17.4 Å². The number of nitrogens with one attached hydrogen (secondary N) is 1.